The van der Waals surface area contributed by atoms with Crippen molar-refractivity contribution in [2.24, 2.45) is 0 Å². The number of carbonyl (C=O) groups is 2. The summed E-state index contributed by atoms with van der Waals surface area (Å²) in [4.78, 5) is 25.7. The van der Waals surface area contributed by atoms with Crippen molar-refractivity contribution in [2.45, 2.75) is 12.3 Å². The van der Waals surface area contributed by atoms with E-state index in [1.165, 1.54) is 7.11 Å². The highest BCUT2D eigenvalue weighted by Crippen LogP contribution is 2.50. The van der Waals surface area contributed by atoms with Crippen LogP contribution >= 0.6 is 0 Å². The van der Waals surface area contributed by atoms with E-state index in [4.69, 9.17) is 23.7 Å². The number of Topliss-reactive ketones (excluding diaryl/α,β-unsaturated/α-hetero) is 1. The molecule has 7 heteroatoms. The van der Waals surface area contributed by atoms with Crippen LogP contribution in [0, 0.1) is 0 Å². The van der Waals surface area contributed by atoms with E-state index >= 15 is 0 Å². The van der Waals surface area contributed by atoms with Gasteiger partial charge in [0.05, 0.1) is 33.3 Å². The van der Waals surface area contributed by atoms with Crippen LogP contribution in [0.5, 0.6) is 28.7 Å². The Morgan fingerprint density at radius 3 is 2.38 bits per heavy atom. The molecule has 0 saturated heterocycles. The summed E-state index contributed by atoms with van der Waals surface area (Å²) in [5, 5.41) is 0. The zero-order chi connectivity index (χ0) is 23.8. The van der Waals surface area contributed by atoms with E-state index in [0.29, 0.717) is 45.4 Å². The van der Waals surface area contributed by atoms with Gasteiger partial charge in [-0.25, -0.2) is 0 Å². The van der Waals surface area contributed by atoms with Crippen molar-refractivity contribution in [1.82, 2.24) is 0 Å². The molecule has 172 valence electrons. The zero-order valence-electron chi connectivity index (χ0n) is 18.9. The number of fused-ring (bicyclic) bond motifs is 3. The van der Waals surface area contributed by atoms with Crippen LogP contribution in [0.25, 0.3) is 6.08 Å². The molecule has 5 rings (SSSR count). The number of esters is 1. The van der Waals surface area contributed by atoms with Crippen LogP contribution in [-0.4, -0.2) is 33.1 Å². The third-order valence-corrected chi connectivity index (χ3v) is 6.01. The minimum absolute atomic E-state index is 0.101. The van der Waals surface area contributed by atoms with Gasteiger partial charge in [0.15, 0.2) is 17.3 Å². The predicted octanol–water partition coefficient (Wildman–Crippen LogP) is 4.77. The second kappa shape index (κ2) is 8.59. The molecule has 34 heavy (non-hydrogen) atoms. The fourth-order valence-electron chi connectivity index (χ4n) is 4.49. The van der Waals surface area contributed by atoms with Gasteiger partial charge >= 0.3 is 5.97 Å². The van der Waals surface area contributed by atoms with E-state index < -0.39 is 0 Å². The van der Waals surface area contributed by atoms with Crippen LogP contribution in [-0.2, 0) is 4.79 Å². The highest BCUT2D eigenvalue weighted by molar-refractivity contribution is 6.15. The Hall–Kier alpha value is -4.26. The number of para-hydroxylation sites is 2. The predicted molar refractivity (Wildman–Crippen MR) is 124 cm³/mol. The molecule has 0 saturated carbocycles. The Balaban J connectivity index is 1.63. The third kappa shape index (κ3) is 3.46. The van der Waals surface area contributed by atoms with Crippen LogP contribution in [0.15, 0.2) is 60.4 Å². The first kappa shape index (κ1) is 21.6. The minimum atomic E-state index is -0.388. The van der Waals surface area contributed by atoms with Crippen LogP contribution in [0.1, 0.15) is 39.4 Å². The van der Waals surface area contributed by atoms with Crippen molar-refractivity contribution < 1.29 is 33.3 Å². The normalized spacial score (nSPS) is 17.5. The number of allylic oxidation sites excluding steroid dienone is 1. The molecule has 7 nitrogen and oxygen atoms in total. The van der Waals surface area contributed by atoms with Gasteiger partial charge in [-0.15, -0.1) is 0 Å². The third-order valence-electron chi connectivity index (χ3n) is 6.01. The monoisotopic (exact) mass is 458 g/mol. The van der Waals surface area contributed by atoms with E-state index in [2.05, 4.69) is 0 Å². The minimum Gasteiger partial charge on any atom is -0.496 e. The Kier molecular flexibility index (Phi) is 5.45. The Morgan fingerprint density at radius 1 is 0.853 bits per heavy atom. The molecule has 3 aromatic carbocycles. The standard InChI is InChI=1S/C27H22O7/c1-30-19-9-5-4-8-16(19)18-14-23(28)33-20-12-11-17-25(29)22(34-27(17)24(18)20)13-15-7-6-10-21(31-2)26(15)32-3/h4-13,18H,14H2,1-3H3/b22-13-/t18-/m0/s1. The number of methoxy groups -OCH3 is 3. The summed E-state index contributed by atoms with van der Waals surface area (Å²) >= 11 is 0. The highest BCUT2D eigenvalue weighted by atomic mass is 16.5. The summed E-state index contributed by atoms with van der Waals surface area (Å²) in [5.74, 6) is 1.58. The summed E-state index contributed by atoms with van der Waals surface area (Å²) in [5.41, 5.74) is 2.51. The number of benzene rings is 3. The summed E-state index contributed by atoms with van der Waals surface area (Å²) < 4.78 is 28.0. The Morgan fingerprint density at radius 2 is 1.62 bits per heavy atom. The lowest BCUT2D eigenvalue weighted by Crippen LogP contribution is -2.22. The van der Waals surface area contributed by atoms with Crippen LogP contribution < -0.4 is 23.7 Å². The molecule has 0 spiro atoms. The maximum atomic E-state index is 13.3. The second-order valence-electron chi connectivity index (χ2n) is 7.85. The van der Waals surface area contributed by atoms with E-state index in [9.17, 15) is 9.59 Å². The van der Waals surface area contributed by atoms with Crippen LogP contribution in [0.4, 0.5) is 0 Å². The summed E-state index contributed by atoms with van der Waals surface area (Å²) in [6.45, 7) is 0. The summed E-state index contributed by atoms with van der Waals surface area (Å²) in [6.07, 6.45) is 1.73. The van der Waals surface area contributed by atoms with Crippen LogP contribution in [0.3, 0.4) is 0 Å². The second-order valence-corrected chi connectivity index (χ2v) is 7.85. The Labute approximate surface area is 196 Å². The number of hydrogen-bond acceptors (Lipinski definition) is 7. The van der Waals surface area contributed by atoms with E-state index in [-0.39, 0.29) is 29.9 Å². The molecular formula is C27H22O7. The smallest absolute Gasteiger partial charge is 0.312 e. The molecule has 0 amide bonds. The quantitative estimate of drug-likeness (QED) is 0.310. The Bertz CT molecular complexity index is 1340. The molecule has 3 aromatic rings. The molecule has 0 bridgehead atoms. The van der Waals surface area contributed by atoms with Gasteiger partial charge in [-0.2, -0.15) is 0 Å². The highest BCUT2D eigenvalue weighted by Gasteiger charge is 2.39. The zero-order valence-corrected chi connectivity index (χ0v) is 18.9. The number of carbonyl (C=O) groups excluding carboxylic acids is 2. The fourth-order valence-corrected chi connectivity index (χ4v) is 4.49. The molecule has 0 aromatic heterocycles. The molecule has 0 unspecified atom stereocenters. The van der Waals surface area contributed by atoms with Crippen molar-refractivity contribution >= 4 is 17.8 Å². The van der Waals surface area contributed by atoms with Gasteiger partial charge in [-0.05, 0) is 30.3 Å². The number of ketones is 1. The summed E-state index contributed by atoms with van der Waals surface area (Å²) in [7, 11) is 4.67. The maximum absolute atomic E-state index is 13.3. The first-order chi connectivity index (χ1) is 16.5. The first-order valence-corrected chi connectivity index (χ1v) is 10.7. The fraction of sp³-hybridized carbons (Fsp3) is 0.185. The molecule has 0 fully saturated rings. The van der Waals surface area contributed by atoms with Gasteiger partial charge in [0, 0.05) is 22.6 Å². The van der Waals surface area contributed by atoms with E-state index in [1.807, 2.05) is 30.3 Å². The van der Waals surface area contributed by atoms with Crippen molar-refractivity contribution in [3.05, 3.63) is 82.6 Å². The average Bonchev–Trinajstić information content (AvgIpc) is 3.18. The average molecular weight is 458 g/mol. The lowest BCUT2D eigenvalue weighted by molar-refractivity contribution is -0.135. The summed E-state index contributed by atoms with van der Waals surface area (Å²) in [6, 6.07) is 16.1. The molecule has 0 N–H and O–H groups in total. The largest absolute Gasteiger partial charge is 0.496 e. The van der Waals surface area contributed by atoms with Gasteiger partial charge in [0.25, 0.3) is 0 Å². The lowest BCUT2D eigenvalue weighted by Gasteiger charge is -2.27. The van der Waals surface area contributed by atoms with Crippen molar-refractivity contribution in [2.75, 3.05) is 21.3 Å². The van der Waals surface area contributed by atoms with Crippen molar-refractivity contribution in [3.63, 3.8) is 0 Å². The number of rotatable bonds is 5. The van der Waals surface area contributed by atoms with Gasteiger partial charge in [-0.1, -0.05) is 30.3 Å². The van der Waals surface area contributed by atoms with Crippen molar-refractivity contribution in [1.29, 1.82) is 0 Å². The van der Waals surface area contributed by atoms with Crippen LogP contribution in [0.2, 0.25) is 0 Å². The molecule has 2 aliphatic rings. The first-order valence-electron chi connectivity index (χ1n) is 10.7. The van der Waals surface area contributed by atoms with Gasteiger partial charge in [0.2, 0.25) is 5.78 Å². The molecule has 0 aliphatic carbocycles. The van der Waals surface area contributed by atoms with E-state index in [1.54, 1.807) is 44.6 Å². The number of ether oxygens (including phenoxy) is 5. The topological polar surface area (TPSA) is 80.3 Å². The van der Waals surface area contributed by atoms with Gasteiger partial charge in [-0.3, -0.25) is 9.59 Å². The molecule has 1 atom stereocenters. The van der Waals surface area contributed by atoms with Gasteiger partial charge < -0.3 is 23.7 Å². The maximum Gasteiger partial charge on any atom is 0.312 e. The SMILES string of the molecule is COc1ccccc1[C@@H]1CC(=O)Oc2ccc3c(c21)O/C(=C\c1cccc(OC)c1OC)C3=O. The molecule has 2 heterocycles. The molecule has 0 radical (unpaired) electrons. The molecular weight excluding hydrogens is 436 g/mol. The van der Waals surface area contributed by atoms with E-state index in [0.717, 1.165) is 5.56 Å². The number of hydrogen-bond donors (Lipinski definition) is 0. The van der Waals surface area contributed by atoms with Crippen molar-refractivity contribution in [3.8, 4) is 28.7 Å². The molecule has 2 aliphatic heterocycles. The lowest BCUT2D eigenvalue weighted by atomic mass is 9.84. The van der Waals surface area contributed by atoms with Gasteiger partial charge in [0.1, 0.15) is 17.2 Å².